The minimum atomic E-state index is -0.401. The lowest BCUT2D eigenvalue weighted by molar-refractivity contribution is 0.356. The molecule has 0 bridgehead atoms. The van der Waals surface area contributed by atoms with Gasteiger partial charge in [-0.1, -0.05) is 23.2 Å². The standard InChI is InChI=1S/C7H5Cl2NO2/c8-4-5-3(1-2-12-5)6(9)10-7(4)11/h1-2H2,(H,10,11). The third-order valence-electron chi connectivity index (χ3n) is 1.76. The molecule has 1 aromatic rings. The molecular weight excluding hydrogens is 201 g/mol. The molecule has 0 spiro atoms. The predicted octanol–water partition coefficient (Wildman–Crippen LogP) is 1.62. The minimum Gasteiger partial charge on any atom is -0.491 e. The molecular formula is C7H5Cl2NO2. The van der Waals surface area contributed by atoms with Gasteiger partial charge in [0.15, 0.2) is 0 Å². The number of rotatable bonds is 0. The van der Waals surface area contributed by atoms with Crippen molar-refractivity contribution in [2.75, 3.05) is 6.61 Å². The smallest absolute Gasteiger partial charge is 0.271 e. The van der Waals surface area contributed by atoms with Crippen LogP contribution in [0.5, 0.6) is 5.75 Å². The maximum atomic E-state index is 11.0. The lowest BCUT2D eigenvalue weighted by Gasteiger charge is -2.01. The van der Waals surface area contributed by atoms with Crippen LogP contribution < -0.4 is 10.3 Å². The van der Waals surface area contributed by atoms with E-state index in [1.165, 1.54) is 0 Å². The van der Waals surface area contributed by atoms with Crippen LogP contribution in [0.2, 0.25) is 10.2 Å². The zero-order chi connectivity index (χ0) is 8.72. The topological polar surface area (TPSA) is 42.1 Å². The summed E-state index contributed by atoms with van der Waals surface area (Å²) in [5.74, 6) is 0.436. The Morgan fingerprint density at radius 2 is 2.17 bits per heavy atom. The van der Waals surface area contributed by atoms with Crippen LogP contribution in [-0.4, -0.2) is 11.6 Å². The number of halogens is 2. The second kappa shape index (κ2) is 2.68. The van der Waals surface area contributed by atoms with Crippen LogP contribution in [0.1, 0.15) is 5.56 Å². The SMILES string of the molecule is O=c1[nH]c(Cl)c2c(c1Cl)OCC2. The first-order valence-corrected chi connectivity index (χ1v) is 4.18. The number of aromatic amines is 1. The highest BCUT2D eigenvalue weighted by Gasteiger charge is 2.21. The molecule has 1 aromatic heterocycles. The fraction of sp³-hybridized carbons (Fsp3) is 0.286. The molecule has 0 fully saturated rings. The number of H-pyrrole nitrogens is 1. The molecule has 3 nitrogen and oxygen atoms in total. The molecule has 1 N–H and O–H groups in total. The zero-order valence-corrected chi connectivity index (χ0v) is 7.50. The van der Waals surface area contributed by atoms with Gasteiger partial charge in [-0.15, -0.1) is 0 Å². The molecule has 0 radical (unpaired) electrons. The van der Waals surface area contributed by atoms with Crippen LogP contribution >= 0.6 is 23.2 Å². The molecule has 1 aliphatic rings. The Morgan fingerprint density at radius 3 is 2.92 bits per heavy atom. The van der Waals surface area contributed by atoms with Crippen LogP contribution in [0.3, 0.4) is 0 Å². The molecule has 1 aliphatic heterocycles. The molecule has 2 rings (SSSR count). The van der Waals surface area contributed by atoms with Crippen molar-refractivity contribution in [2.45, 2.75) is 6.42 Å². The fourth-order valence-corrected chi connectivity index (χ4v) is 1.68. The minimum absolute atomic E-state index is 0.0897. The van der Waals surface area contributed by atoms with Gasteiger partial charge in [0, 0.05) is 12.0 Å². The quantitative estimate of drug-likeness (QED) is 0.655. The first kappa shape index (κ1) is 7.95. The van der Waals surface area contributed by atoms with E-state index in [0.717, 1.165) is 5.56 Å². The summed E-state index contributed by atoms with van der Waals surface area (Å²) < 4.78 is 5.15. The monoisotopic (exact) mass is 205 g/mol. The van der Waals surface area contributed by atoms with Crippen molar-refractivity contribution in [3.8, 4) is 5.75 Å². The van der Waals surface area contributed by atoms with Gasteiger partial charge in [-0.3, -0.25) is 4.79 Å². The van der Waals surface area contributed by atoms with E-state index >= 15 is 0 Å². The molecule has 0 saturated heterocycles. The van der Waals surface area contributed by atoms with Gasteiger partial charge in [-0.25, -0.2) is 0 Å². The number of hydrogen-bond donors (Lipinski definition) is 1. The Morgan fingerprint density at radius 1 is 1.42 bits per heavy atom. The molecule has 0 atom stereocenters. The summed E-state index contributed by atoms with van der Waals surface area (Å²) in [6.07, 6.45) is 0.699. The highest BCUT2D eigenvalue weighted by Crippen LogP contribution is 2.33. The van der Waals surface area contributed by atoms with Gasteiger partial charge in [0.2, 0.25) is 0 Å². The Balaban J connectivity index is 2.78. The van der Waals surface area contributed by atoms with Crippen molar-refractivity contribution in [3.63, 3.8) is 0 Å². The summed E-state index contributed by atoms with van der Waals surface area (Å²) in [7, 11) is 0. The maximum absolute atomic E-state index is 11.0. The van der Waals surface area contributed by atoms with Crippen LogP contribution in [0.25, 0.3) is 0 Å². The van der Waals surface area contributed by atoms with Crippen LogP contribution in [0.15, 0.2) is 4.79 Å². The molecule has 5 heteroatoms. The van der Waals surface area contributed by atoms with Crippen LogP contribution in [0.4, 0.5) is 0 Å². The van der Waals surface area contributed by atoms with Crippen molar-refractivity contribution >= 4 is 23.2 Å². The molecule has 64 valence electrons. The molecule has 0 amide bonds. The van der Waals surface area contributed by atoms with Crippen molar-refractivity contribution in [1.29, 1.82) is 0 Å². The Kier molecular flexibility index (Phi) is 1.77. The third kappa shape index (κ3) is 1.01. The molecule has 0 unspecified atom stereocenters. The number of hydrogen-bond acceptors (Lipinski definition) is 2. The predicted molar refractivity (Wildman–Crippen MR) is 46.3 cm³/mol. The van der Waals surface area contributed by atoms with E-state index in [4.69, 9.17) is 27.9 Å². The highest BCUT2D eigenvalue weighted by atomic mass is 35.5. The van der Waals surface area contributed by atoms with E-state index in [-0.39, 0.29) is 5.02 Å². The molecule has 2 heterocycles. The van der Waals surface area contributed by atoms with E-state index in [9.17, 15) is 4.79 Å². The van der Waals surface area contributed by atoms with Gasteiger partial charge in [-0.05, 0) is 0 Å². The van der Waals surface area contributed by atoms with Crippen molar-refractivity contribution < 1.29 is 4.74 Å². The van der Waals surface area contributed by atoms with E-state index in [2.05, 4.69) is 4.98 Å². The number of aromatic nitrogens is 1. The van der Waals surface area contributed by atoms with E-state index in [1.54, 1.807) is 0 Å². The summed E-state index contributed by atoms with van der Waals surface area (Å²) >= 11 is 11.4. The Labute approximate surface area is 78.3 Å². The summed E-state index contributed by atoms with van der Waals surface area (Å²) in [4.78, 5) is 13.5. The van der Waals surface area contributed by atoms with E-state index in [0.29, 0.717) is 23.9 Å². The normalized spacial score (nSPS) is 14.2. The summed E-state index contributed by atoms with van der Waals surface area (Å²) in [5, 5.41) is 0.420. The highest BCUT2D eigenvalue weighted by molar-refractivity contribution is 6.34. The van der Waals surface area contributed by atoms with Crippen molar-refractivity contribution in [2.24, 2.45) is 0 Å². The molecule has 0 aliphatic carbocycles. The van der Waals surface area contributed by atoms with Gasteiger partial charge in [0.25, 0.3) is 5.56 Å². The summed E-state index contributed by atoms with van der Waals surface area (Å²) in [6, 6.07) is 0. The lowest BCUT2D eigenvalue weighted by Crippen LogP contribution is -2.07. The Hall–Kier alpha value is -0.670. The molecule has 12 heavy (non-hydrogen) atoms. The average molecular weight is 206 g/mol. The van der Waals surface area contributed by atoms with E-state index < -0.39 is 5.56 Å². The van der Waals surface area contributed by atoms with E-state index in [1.807, 2.05) is 0 Å². The van der Waals surface area contributed by atoms with Gasteiger partial charge < -0.3 is 9.72 Å². The second-order valence-electron chi connectivity index (χ2n) is 2.49. The average Bonchev–Trinajstić information content (AvgIpc) is 2.48. The van der Waals surface area contributed by atoms with Crippen LogP contribution in [-0.2, 0) is 6.42 Å². The van der Waals surface area contributed by atoms with Gasteiger partial charge in [0.05, 0.1) is 6.61 Å². The fourth-order valence-electron chi connectivity index (χ4n) is 1.19. The third-order valence-corrected chi connectivity index (χ3v) is 2.43. The van der Waals surface area contributed by atoms with Crippen LogP contribution in [0, 0.1) is 0 Å². The first-order valence-electron chi connectivity index (χ1n) is 3.43. The number of ether oxygens (including phenoxy) is 1. The maximum Gasteiger partial charge on any atom is 0.271 e. The van der Waals surface area contributed by atoms with Crippen molar-refractivity contribution in [3.05, 3.63) is 26.1 Å². The molecule has 0 saturated carbocycles. The number of nitrogens with one attached hydrogen (secondary N) is 1. The Bertz CT molecular complexity index is 386. The largest absolute Gasteiger partial charge is 0.491 e. The molecule has 0 aromatic carbocycles. The lowest BCUT2D eigenvalue weighted by atomic mass is 10.2. The summed E-state index contributed by atoms with van der Waals surface area (Å²) in [5.41, 5.74) is 0.392. The summed E-state index contributed by atoms with van der Waals surface area (Å²) in [6.45, 7) is 0.534. The van der Waals surface area contributed by atoms with Gasteiger partial charge in [0.1, 0.15) is 15.9 Å². The number of fused-ring (bicyclic) bond motifs is 1. The zero-order valence-electron chi connectivity index (χ0n) is 5.99. The van der Waals surface area contributed by atoms with Crippen molar-refractivity contribution in [1.82, 2.24) is 4.98 Å². The van der Waals surface area contributed by atoms with Gasteiger partial charge in [-0.2, -0.15) is 0 Å². The number of pyridine rings is 1. The van der Waals surface area contributed by atoms with Gasteiger partial charge >= 0.3 is 0 Å². The second-order valence-corrected chi connectivity index (χ2v) is 3.24. The first-order chi connectivity index (χ1) is 5.70.